The molecule has 1 aromatic heterocycles. The lowest BCUT2D eigenvalue weighted by molar-refractivity contribution is -0.122. The molecule has 0 radical (unpaired) electrons. The van der Waals surface area contributed by atoms with E-state index in [1.807, 2.05) is 0 Å². The van der Waals surface area contributed by atoms with Crippen molar-refractivity contribution < 1.29 is 14.0 Å². The van der Waals surface area contributed by atoms with E-state index in [0.29, 0.717) is 17.4 Å². The maximum atomic E-state index is 13.3. The fraction of sp³-hybridized carbons (Fsp3) is 0.379. The number of carbonyl (C=O) groups is 2. The minimum Gasteiger partial charge on any atom is -0.354 e. The van der Waals surface area contributed by atoms with Gasteiger partial charge in [-0.2, -0.15) is 0 Å². The number of fused-ring (bicyclic) bond motifs is 1. The molecule has 0 atom stereocenters. The van der Waals surface area contributed by atoms with Crippen LogP contribution in [0.3, 0.4) is 0 Å². The molecule has 1 aliphatic carbocycles. The number of nitrogens with zero attached hydrogens (tertiary/aromatic N) is 2. The highest BCUT2D eigenvalue weighted by molar-refractivity contribution is 5.81. The molecule has 1 aliphatic rings. The number of hydrogen-bond donors (Lipinski definition) is 2. The quantitative estimate of drug-likeness (QED) is 0.378. The van der Waals surface area contributed by atoms with Crippen LogP contribution in [0.1, 0.15) is 50.5 Å². The van der Waals surface area contributed by atoms with E-state index in [1.165, 1.54) is 35.1 Å². The van der Waals surface area contributed by atoms with E-state index in [4.69, 9.17) is 0 Å². The van der Waals surface area contributed by atoms with Crippen LogP contribution in [0, 0.1) is 5.82 Å². The van der Waals surface area contributed by atoms with E-state index in [2.05, 4.69) is 16.7 Å². The fourth-order valence-corrected chi connectivity index (χ4v) is 4.70. The number of amides is 2. The van der Waals surface area contributed by atoms with Gasteiger partial charge in [0, 0.05) is 26.1 Å². The van der Waals surface area contributed by atoms with Gasteiger partial charge in [0.15, 0.2) is 0 Å². The normalized spacial score (nSPS) is 13.2. The Balaban J connectivity index is 1.39. The zero-order chi connectivity index (χ0) is 26.9. The minimum atomic E-state index is -0.578. The second-order valence-corrected chi connectivity index (χ2v) is 9.56. The largest absolute Gasteiger partial charge is 0.354 e. The molecular formula is C29H33FN4O4. The third-order valence-corrected chi connectivity index (χ3v) is 6.78. The molecule has 0 saturated heterocycles. The number of halogens is 1. The summed E-state index contributed by atoms with van der Waals surface area (Å²) in [6, 6.07) is 12.6. The van der Waals surface area contributed by atoms with Gasteiger partial charge in [0.05, 0.1) is 10.9 Å². The first-order valence-corrected chi connectivity index (χ1v) is 13.1. The molecular weight excluding hydrogens is 487 g/mol. The van der Waals surface area contributed by atoms with Crippen LogP contribution in [0.25, 0.3) is 10.9 Å². The Bertz CT molecular complexity index is 1440. The minimum absolute atomic E-state index is 0.0439. The van der Waals surface area contributed by atoms with Gasteiger partial charge in [-0.25, -0.2) is 9.18 Å². The van der Waals surface area contributed by atoms with Gasteiger partial charge in [-0.3, -0.25) is 23.5 Å². The van der Waals surface area contributed by atoms with Crippen molar-refractivity contribution >= 4 is 22.7 Å². The first-order chi connectivity index (χ1) is 18.4. The second-order valence-electron chi connectivity index (χ2n) is 9.56. The number of benzene rings is 2. The van der Waals surface area contributed by atoms with E-state index in [0.717, 1.165) is 29.4 Å². The predicted octanol–water partition coefficient (Wildman–Crippen LogP) is 3.41. The van der Waals surface area contributed by atoms with Crippen LogP contribution < -0.4 is 21.9 Å². The molecule has 200 valence electrons. The predicted molar refractivity (Wildman–Crippen MR) is 144 cm³/mol. The number of allylic oxidation sites excluding steroid dienone is 1. The first kappa shape index (κ1) is 27.0. The van der Waals surface area contributed by atoms with Crippen molar-refractivity contribution in [2.45, 2.75) is 64.6 Å². The average molecular weight is 521 g/mol. The first-order valence-electron chi connectivity index (χ1n) is 13.1. The zero-order valence-corrected chi connectivity index (χ0v) is 21.4. The van der Waals surface area contributed by atoms with E-state index < -0.39 is 11.2 Å². The summed E-state index contributed by atoms with van der Waals surface area (Å²) in [5.74, 6) is -0.879. The van der Waals surface area contributed by atoms with Gasteiger partial charge >= 0.3 is 5.69 Å². The Morgan fingerprint density at radius 1 is 0.921 bits per heavy atom. The van der Waals surface area contributed by atoms with E-state index in [-0.39, 0.29) is 50.1 Å². The summed E-state index contributed by atoms with van der Waals surface area (Å²) in [4.78, 5) is 51.3. The zero-order valence-electron chi connectivity index (χ0n) is 21.4. The molecule has 0 spiro atoms. The fourth-order valence-electron chi connectivity index (χ4n) is 4.70. The lowest BCUT2D eigenvalue weighted by atomic mass is 9.97. The van der Waals surface area contributed by atoms with Gasteiger partial charge < -0.3 is 10.6 Å². The molecule has 8 nitrogen and oxygen atoms in total. The van der Waals surface area contributed by atoms with Crippen molar-refractivity contribution in [1.82, 2.24) is 19.8 Å². The van der Waals surface area contributed by atoms with E-state index in [1.54, 1.807) is 36.4 Å². The number of rotatable bonds is 11. The van der Waals surface area contributed by atoms with Gasteiger partial charge in [0.25, 0.3) is 5.56 Å². The molecule has 0 aliphatic heterocycles. The number of hydrogen-bond acceptors (Lipinski definition) is 4. The Kier molecular flexibility index (Phi) is 9.24. The lowest BCUT2D eigenvalue weighted by Crippen LogP contribution is -2.43. The molecule has 2 amide bonds. The summed E-state index contributed by atoms with van der Waals surface area (Å²) in [5, 5.41) is 5.99. The SMILES string of the molecule is O=C(CCCn1c(=O)c2ccccc2n(CC(=O)NCCC2=CCCCC2)c1=O)NCc1ccc(F)cc1. The molecule has 2 aromatic carbocycles. The topological polar surface area (TPSA) is 102 Å². The third kappa shape index (κ3) is 7.06. The lowest BCUT2D eigenvalue weighted by Gasteiger charge is -2.15. The smallest absolute Gasteiger partial charge is 0.331 e. The van der Waals surface area contributed by atoms with Gasteiger partial charge in [0.1, 0.15) is 12.4 Å². The number of carbonyl (C=O) groups excluding carboxylic acids is 2. The van der Waals surface area contributed by atoms with Crippen molar-refractivity contribution in [3.8, 4) is 0 Å². The summed E-state index contributed by atoms with van der Waals surface area (Å²) in [6.07, 6.45) is 7.95. The standard InChI is InChI=1S/C29H33FN4O4/c30-23-14-12-22(13-15-23)19-32-26(35)11-6-18-33-28(37)24-9-4-5-10-25(24)34(29(33)38)20-27(36)31-17-16-21-7-2-1-3-8-21/h4-5,7,9-10,12-15H,1-3,6,8,11,16-20H2,(H,31,36)(H,32,35). The molecule has 4 rings (SSSR count). The highest BCUT2D eigenvalue weighted by Gasteiger charge is 2.16. The van der Waals surface area contributed by atoms with Crippen molar-refractivity contribution in [2.75, 3.05) is 6.54 Å². The van der Waals surface area contributed by atoms with Crippen LogP contribution in [0.15, 0.2) is 69.8 Å². The molecule has 0 saturated carbocycles. The molecule has 2 N–H and O–H groups in total. The Hall–Kier alpha value is -4.01. The summed E-state index contributed by atoms with van der Waals surface area (Å²) in [6.45, 7) is 0.608. The molecule has 0 unspecified atom stereocenters. The molecule has 38 heavy (non-hydrogen) atoms. The average Bonchev–Trinajstić information content (AvgIpc) is 2.93. The maximum absolute atomic E-state index is 13.3. The molecule has 0 bridgehead atoms. The monoisotopic (exact) mass is 520 g/mol. The van der Waals surface area contributed by atoms with Crippen molar-refractivity contribution in [1.29, 1.82) is 0 Å². The summed E-state index contributed by atoms with van der Waals surface area (Å²) < 4.78 is 15.4. The van der Waals surface area contributed by atoms with Gasteiger partial charge in [-0.05, 0) is 68.4 Å². The molecule has 9 heteroatoms. The van der Waals surface area contributed by atoms with Crippen LogP contribution in [0.4, 0.5) is 4.39 Å². The van der Waals surface area contributed by atoms with E-state index >= 15 is 0 Å². The number of nitrogens with one attached hydrogen (secondary N) is 2. The van der Waals surface area contributed by atoms with Crippen LogP contribution in [-0.4, -0.2) is 27.5 Å². The molecule has 0 fully saturated rings. The molecule has 1 heterocycles. The van der Waals surface area contributed by atoms with Gasteiger partial charge in [-0.1, -0.05) is 35.9 Å². The Labute approximate surface area is 220 Å². The molecule has 3 aromatic rings. The summed E-state index contributed by atoms with van der Waals surface area (Å²) in [5.41, 5.74) is 1.50. The third-order valence-electron chi connectivity index (χ3n) is 6.78. The Morgan fingerprint density at radius 2 is 1.71 bits per heavy atom. The van der Waals surface area contributed by atoms with Crippen LogP contribution >= 0.6 is 0 Å². The Morgan fingerprint density at radius 3 is 2.47 bits per heavy atom. The highest BCUT2D eigenvalue weighted by atomic mass is 19.1. The maximum Gasteiger partial charge on any atom is 0.331 e. The van der Waals surface area contributed by atoms with Gasteiger partial charge in [0.2, 0.25) is 11.8 Å². The van der Waals surface area contributed by atoms with E-state index in [9.17, 15) is 23.6 Å². The van der Waals surface area contributed by atoms with Crippen LogP contribution in [0.5, 0.6) is 0 Å². The van der Waals surface area contributed by atoms with Gasteiger partial charge in [-0.15, -0.1) is 0 Å². The number of aromatic nitrogens is 2. The van der Waals surface area contributed by atoms with Crippen LogP contribution in [0.2, 0.25) is 0 Å². The number of para-hydroxylation sites is 1. The van der Waals surface area contributed by atoms with Crippen molar-refractivity contribution in [3.63, 3.8) is 0 Å². The summed E-state index contributed by atoms with van der Waals surface area (Å²) in [7, 11) is 0. The second kappa shape index (κ2) is 13.0. The highest BCUT2D eigenvalue weighted by Crippen LogP contribution is 2.19. The van der Waals surface area contributed by atoms with Crippen molar-refractivity contribution in [3.05, 3.63) is 92.4 Å². The summed E-state index contributed by atoms with van der Waals surface area (Å²) >= 11 is 0. The van der Waals surface area contributed by atoms with Crippen LogP contribution in [-0.2, 0) is 29.2 Å². The van der Waals surface area contributed by atoms with Crippen molar-refractivity contribution in [2.24, 2.45) is 0 Å².